The number of nitrogens with one attached hydrogen (secondary N) is 1. The lowest BCUT2D eigenvalue weighted by atomic mass is 10.0. The van der Waals surface area contributed by atoms with Gasteiger partial charge in [-0.15, -0.1) is 0 Å². The van der Waals surface area contributed by atoms with Crippen LogP contribution in [0.25, 0.3) is 0 Å². The van der Waals surface area contributed by atoms with Gasteiger partial charge in [0.15, 0.2) is 0 Å². The van der Waals surface area contributed by atoms with Crippen LogP contribution in [0.1, 0.15) is 29.6 Å². The van der Waals surface area contributed by atoms with Crippen LogP contribution in [-0.2, 0) is 0 Å². The second-order valence-electron chi connectivity index (χ2n) is 4.97. The maximum atomic E-state index is 11.6. The fraction of sp³-hybridized carbons (Fsp3) is 0.500. The maximum Gasteiger partial charge on any atom is 0.250 e. The Hall–Kier alpha value is -1.07. The highest BCUT2D eigenvalue weighted by atomic mass is 79.9. The first kappa shape index (κ1) is 14.3. The lowest BCUT2D eigenvalue weighted by Gasteiger charge is -2.30. The number of anilines is 1. The summed E-state index contributed by atoms with van der Waals surface area (Å²) in [7, 11) is 2.05. The molecule has 1 amide bonds. The van der Waals surface area contributed by atoms with Crippen molar-refractivity contribution in [3.05, 3.63) is 28.2 Å². The first-order valence-electron chi connectivity index (χ1n) is 6.62. The van der Waals surface area contributed by atoms with Crippen LogP contribution in [0.3, 0.4) is 0 Å². The van der Waals surface area contributed by atoms with Gasteiger partial charge in [-0.2, -0.15) is 0 Å². The van der Waals surface area contributed by atoms with E-state index in [-0.39, 0.29) is 5.91 Å². The van der Waals surface area contributed by atoms with Gasteiger partial charge < -0.3 is 16.0 Å². The first-order chi connectivity index (χ1) is 9.09. The van der Waals surface area contributed by atoms with E-state index in [2.05, 4.69) is 26.1 Å². The standard InChI is InChI=1S/C14H20BrN3O/c1-18(11-3-2-7-17-8-6-11)13-5-4-10(15)9-12(13)14(16)19/h4-5,9,11,17H,2-3,6-8H2,1H3,(H2,16,19). The van der Waals surface area contributed by atoms with Crippen molar-refractivity contribution in [1.82, 2.24) is 5.32 Å². The molecule has 104 valence electrons. The lowest BCUT2D eigenvalue weighted by Crippen LogP contribution is -2.34. The molecule has 1 saturated heterocycles. The zero-order chi connectivity index (χ0) is 13.8. The average Bonchev–Trinajstić information content (AvgIpc) is 2.66. The third kappa shape index (κ3) is 3.48. The van der Waals surface area contributed by atoms with Gasteiger partial charge in [-0.3, -0.25) is 4.79 Å². The number of primary amides is 1. The van der Waals surface area contributed by atoms with E-state index in [1.54, 1.807) is 6.07 Å². The lowest BCUT2D eigenvalue weighted by molar-refractivity contribution is 0.100. The fourth-order valence-corrected chi connectivity index (χ4v) is 2.96. The van der Waals surface area contributed by atoms with Crippen LogP contribution in [0.15, 0.2) is 22.7 Å². The van der Waals surface area contributed by atoms with Crippen molar-refractivity contribution in [2.45, 2.75) is 25.3 Å². The number of nitrogens with two attached hydrogens (primary N) is 1. The van der Waals surface area contributed by atoms with Crippen molar-refractivity contribution in [3.8, 4) is 0 Å². The largest absolute Gasteiger partial charge is 0.371 e. The highest BCUT2D eigenvalue weighted by molar-refractivity contribution is 9.10. The van der Waals surface area contributed by atoms with Crippen LogP contribution < -0.4 is 16.0 Å². The summed E-state index contributed by atoms with van der Waals surface area (Å²) >= 11 is 3.39. The Balaban J connectivity index is 2.26. The van der Waals surface area contributed by atoms with Gasteiger partial charge in [-0.05, 0) is 50.6 Å². The second-order valence-corrected chi connectivity index (χ2v) is 5.89. The van der Waals surface area contributed by atoms with Crippen molar-refractivity contribution >= 4 is 27.5 Å². The molecule has 1 aromatic carbocycles. The SMILES string of the molecule is CN(c1ccc(Br)cc1C(N)=O)C1CCCNCC1. The van der Waals surface area contributed by atoms with Crippen LogP contribution in [0.2, 0.25) is 0 Å². The van der Waals surface area contributed by atoms with Crippen molar-refractivity contribution in [1.29, 1.82) is 0 Å². The van der Waals surface area contributed by atoms with Crippen LogP contribution in [-0.4, -0.2) is 32.1 Å². The number of carbonyl (C=O) groups is 1. The number of nitrogens with zero attached hydrogens (tertiary/aromatic N) is 1. The summed E-state index contributed by atoms with van der Waals surface area (Å²) in [6.45, 7) is 2.10. The number of hydrogen-bond acceptors (Lipinski definition) is 3. The van der Waals surface area contributed by atoms with E-state index >= 15 is 0 Å². The van der Waals surface area contributed by atoms with Crippen LogP contribution in [0, 0.1) is 0 Å². The molecular formula is C14H20BrN3O. The Morgan fingerprint density at radius 1 is 1.42 bits per heavy atom. The Morgan fingerprint density at radius 2 is 2.21 bits per heavy atom. The minimum atomic E-state index is -0.380. The monoisotopic (exact) mass is 325 g/mol. The van der Waals surface area contributed by atoms with Gasteiger partial charge in [0.2, 0.25) is 0 Å². The molecule has 3 N–H and O–H groups in total. The Morgan fingerprint density at radius 3 is 2.95 bits per heavy atom. The second kappa shape index (κ2) is 6.39. The Bertz CT molecular complexity index is 456. The molecule has 1 fully saturated rings. The predicted octanol–water partition coefficient (Wildman–Crippen LogP) is 2.13. The molecule has 4 nitrogen and oxygen atoms in total. The molecule has 1 aliphatic rings. The van der Waals surface area contributed by atoms with Gasteiger partial charge in [-0.25, -0.2) is 0 Å². The molecule has 0 radical (unpaired) electrons. The summed E-state index contributed by atoms with van der Waals surface area (Å²) in [6, 6.07) is 6.16. The van der Waals surface area contributed by atoms with Gasteiger partial charge in [0, 0.05) is 23.2 Å². The number of halogens is 1. The molecule has 1 atom stereocenters. The molecule has 19 heavy (non-hydrogen) atoms. The van der Waals surface area contributed by atoms with Crippen LogP contribution in [0.4, 0.5) is 5.69 Å². The summed E-state index contributed by atoms with van der Waals surface area (Å²) in [5.41, 5.74) is 6.98. The zero-order valence-electron chi connectivity index (χ0n) is 11.2. The molecule has 0 saturated carbocycles. The molecule has 0 aromatic heterocycles. The van der Waals surface area contributed by atoms with Gasteiger partial charge in [-0.1, -0.05) is 15.9 Å². The molecule has 1 aliphatic heterocycles. The molecule has 2 rings (SSSR count). The van der Waals surface area contributed by atoms with Gasteiger partial charge in [0.05, 0.1) is 5.56 Å². The maximum absolute atomic E-state index is 11.6. The minimum absolute atomic E-state index is 0.380. The highest BCUT2D eigenvalue weighted by Gasteiger charge is 2.20. The van der Waals surface area contributed by atoms with E-state index in [0.717, 1.165) is 42.5 Å². The fourth-order valence-electron chi connectivity index (χ4n) is 2.60. The summed E-state index contributed by atoms with van der Waals surface area (Å²) in [4.78, 5) is 13.8. The molecule has 1 aromatic rings. The smallest absolute Gasteiger partial charge is 0.250 e. The number of carbonyl (C=O) groups excluding carboxylic acids is 1. The van der Waals surface area contributed by atoms with E-state index in [1.807, 2.05) is 19.2 Å². The highest BCUT2D eigenvalue weighted by Crippen LogP contribution is 2.27. The molecule has 1 heterocycles. The summed E-state index contributed by atoms with van der Waals surface area (Å²) in [6.07, 6.45) is 3.39. The third-order valence-corrected chi connectivity index (χ3v) is 4.19. The van der Waals surface area contributed by atoms with E-state index < -0.39 is 0 Å². The molecule has 0 spiro atoms. The Kier molecular flexibility index (Phi) is 4.82. The number of amides is 1. The molecule has 0 bridgehead atoms. The summed E-state index contributed by atoms with van der Waals surface area (Å²) in [5, 5.41) is 3.40. The van der Waals surface area contributed by atoms with Crippen molar-refractivity contribution < 1.29 is 4.79 Å². The van der Waals surface area contributed by atoms with Crippen LogP contribution in [0.5, 0.6) is 0 Å². The van der Waals surface area contributed by atoms with E-state index in [0.29, 0.717) is 11.6 Å². The number of benzene rings is 1. The zero-order valence-corrected chi connectivity index (χ0v) is 12.7. The van der Waals surface area contributed by atoms with E-state index in [9.17, 15) is 4.79 Å². The van der Waals surface area contributed by atoms with Gasteiger partial charge >= 0.3 is 0 Å². The summed E-state index contributed by atoms with van der Waals surface area (Å²) in [5.74, 6) is -0.380. The van der Waals surface area contributed by atoms with E-state index in [1.165, 1.54) is 0 Å². The van der Waals surface area contributed by atoms with Gasteiger partial charge in [0.1, 0.15) is 0 Å². The molecule has 5 heteroatoms. The third-order valence-electron chi connectivity index (χ3n) is 3.70. The average molecular weight is 326 g/mol. The van der Waals surface area contributed by atoms with Crippen molar-refractivity contribution in [2.75, 3.05) is 25.0 Å². The normalized spacial score (nSPS) is 19.8. The van der Waals surface area contributed by atoms with Crippen molar-refractivity contribution in [3.63, 3.8) is 0 Å². The first-order valence-corrected chi connectivity index (χ1v) is 7.42. The number of hydrogen-bond donors (Lipinski definition) is 2. The van der Waals surface area contributed by atoms with Crippen molar-refractivity contribution in [2.24, 2.45) is 5.73 Å². The quantitative estimate of drug-likeness (QED) is 0.895. The molecular weight excluding hydrogens is 306 g/mol. The van der Waals surface area contributed by atoms with E-state index in [4.69, 9.17) is 5.73 Å². The Labute approximate surface area is 122 Å². The van der Waals surface area contributed by atoms with Gasteiger partial charge in [0.25, 0.3) is 5.91 Å². The molecule has 0 aliphatic carbocycles. The minimum Gasteiger partial charge on any atom is -0.371 e. The number of rotatable bonds is 3. The topological polar surface area (TPSA) is 58.4 Å². The predicted molar refractivity (Wildman–Crippen MR) is 81.6 cm³/mol. The van der Waals surface area contributed by atoms with Crippen LogP contribution >= 0.6 is 15.9 Å². The molecule has 1 unspecified atom stereocenters. The summed E-state index contributed by atoms with van der Waals surface area (Å²) < 4.78 is 0.876.